The topological polar surface area (TPSA) is 87.5 Å². The number of anilines is 1. The first-order valence-corrected chi connectivity index (χ1v) is 11.5. The summed E-state index contributed by atoms with van der Waals surface area (Å²) >= 11 is 1.42. The van der Waals surface area contributed by atoms with E-state index in [2.05, 4.69) is 38.5 Å². The second-order valence-corrected chi connectivity index (χ2v) is 9.23. The molecule has 6 nitrogen and oxygen atoms in total. The van der Waals surface area contributed by atoms with Gasteiger partial charge >= 0.3 is 0 Å². The lowest BCUT2D eigenvalue weighted by molar-refractivity contribution is -0.124. The maximum Gasteiger partial charge on any atom is 0.254 e. The SMILES string of the molecule is Cc1nc(NC(=O)C(O)CC(C)C)sc1-c1ccc2c(c1)CN=C2/C=C/c1ccccn1. The van der Waals surface area contributed by atoms with E-state index < -0.39 is 12.0 Å². The quantitative estimate of drug-likeness (QED) is 0.542. The van der Waals surface area contributed by atoms with E-state index in [0.29, 0.717) is 18.1 Å². The molecular weight excluding hydrogens is 420 g/mol. The van der Waals surface area contributed by atoms with Gasteiger partial charge in [-0.2, -0.15) is 0 Å². The Bertz CT molecular complexity index is 1180. The van der Waals surface area contributed by atoms with Crippen LogP contribution in [0.25, 0.3) is 16.5 Å². The third-order valence-corrected chi connectivity index (χ3v) is 6.31. The van der Waals surface area contributed by atoms with Crippen molar-refractivity contribution in [2.45, 2.75) is 39.8 Å². The van der Waals surface area contributed by atoms with Gasteiger partial charge in [-0.15, -0.1) is 0 Å². The summed E-state index contributed by atoms with van der Waals surface area (Å²) in [4.78, 5) is 26.7. The zero-order valence-corrected chi connectivity index (χ0v) is 19.2. The van der Waals surface area contributed by atoms with Gasteiger partial charge in [-0.25, -0.2) is 4.98 Å². The van der Waals surface area contributed by atoms with Crippen LogP contribution in [0.2, 0.25) is 0 Å². The normalized spacial score (nSPS) is 14.0. The number of thiazole rings is 1. The highest BCUT2D eigenvalue weighted by Crippen LogP contribution is 2.35. The van der Waals surface area contributed by atoms with E-state index in [4.69, 9.17) is 0 Å². The van der Waals surface area contributed by atoms with Gasteiger partial charge < -0.3 is 5.11 Å². The number of carbonyl (C=O) groups excluding carboxylic acids is 1. The summed E-state index contributed by atoms with van der Waals surface area (Å²) in [6.45, 7) is 6.50. The van der Waals surface area contributed by atoms with Gasteiger partial charge in [0.05, 0.1) is 28.5 Å². The van der Waals surface area contributed by atoms with E-state index in [1.807, 2.05) is 51.1 Å². The standard InChI is InChI=1S/C25H26N4O2S/c1-15(2)12-22(30)24(31)29-25-28-16(3)23(32-25)17-7-9-20-18(13-17)14-27-21(20)10-8-19-6-4-5-11-26-19/h4-11,13,15,22,30H,12,14H2,1-3H3,(H,28,29,31)/b10-8+. The molecule has 1 aliphatic heterocycles. The van der Waals surface area contributed by atoms with E-state index >= 15 is 0 Å². The summed E-state index contributed by atoms with van der Waals surface area (Å²) in [7, 11) is 0. The molecule has 2 N–H and O–H groups in total. The molecular formula is C25H26N4O2S. The highest BCUT2D eigenvalue weighted by Gasteiger charge is 2.20. The van der Waals surface area contributed by atoms with Gasteiger partial charge in [0, 0.05) is 11.8 Å². The third-order valence-electron chi connectivity index (χ3n) is 5.19. The highest BCUT2D eigenvalue weighted by molar-refractivity contribution is 7.19. The summed E-state index contributed by atoms with van der Waals surface area (Å²) in [5.41, 5.74) is 6.02. The Morgan fingerprint density at radius 1 is 1.25 bits per heavy atom. The van der Waals surface area contributed by atoms with Crippen LogP contribution in [0, 0.1) is 12.8 Å². The Labute approximate surface area is 191 Å². The Morgan fingerprint density at radius 2 is 2.09 bits per heavy atom. The fourth-order valence-electron chi connectivity index (χ4n) is 3.61. The zero-order valence-electron chi connectivity index (χ0n) is 18.4. The number of nitrogens with zero attached hydrogens (tertiary/aromatic N) is 3. The number of carbonyl (C=O) groups is 1. The van der Waals surface area contributed by atoms with E-state index in [0.717, 1.165) is 38.7 Å². The number of aliphatic hydroxyl groups is 1. The molecule has 0 spiro atoms. The van der Waals surface area contributed by atoms with Crippen LogP contribution in [0.1, 0.15) is 42.8 Å². The van der Waals surface area contributed by atoms with Gasteiger partial charge in [0.2, 0.25) is 0 Å². The van der Waals surface area contributed by atoms with Crippen molar-refractivity contribution in [1.29, 1.82) is 0 Å². The van der Waals surface area contributed by atoms with Crippen molar-refractivity contribution in [2.24, 2.45) is 10.9 Å². The minimum atomic E-state index is -1.03. The summed E-state index contributed by atoms with van der Waals surface area (Å²) in [5, 5.41) is 13.3. The first-order chi connectivity index (χ1) is 15.4. The molecule has 0 fully saturated rings. The maximum absolute atomic E-state index is 12.2. The number of rotatable bonds is 7. The number of hydrogen-bond donors (Lipinski definition) is 2. The fraction of sp³-hybridized carbons (Fsp3) is 0.280. The van der Waals surface area contributed by atoms with Gasteiger partial charge in [-0.1, -0.05) is 43.4 Å². The van der Waals surface area contributed by atoms with E-state index in [1.165, 1.54) is 11.3 Å². The molecule has 2 aromatic heterocycles. The number of aliphatic hydroxyl groups excluding tert-OH is 1. The first-order valence-electron chi connectivity index (χ1n) is 10.6. The molecule has 32 heavy (non-hydrogen) atoms. The van der Waals surface area contributed by atoms with Crippen molar-refractivity contribution < 1.29 is 9.90 Å². The number of pyridine rings is 1. The number of amides is 1. The predicted molar refractivity (Wildman–Crippen MR) is 130 cm³/mol. The highest BCUT2D eigenvalue weighted by atomic mass is 32.1. The number of aryl methyl sites for hydroxylation is 1. The Hall–Kier alpha value is -3.16. The van der Waals surface area contributed by atoms with E-state index in [-0.39, 0.29) is 5.92 Å². The second-order valence-electron chi connectivity index (χ2n) is 8.23. The predicted octanol–water partition coefficient (Wildman–Crippen LogP) is 4.88. The number of allylic oxidation sites excluding steroid dienone is 1. The molecule has 0 aliphatic carbocycles. The number of aliphatic imine (C=N–C) groups is 1. The Morgan fingerprint density at radius 3 is 2.84 bits per heavy atom. The van der Waals surface area contributed by atoms with Crippen molar-refractivity contribution in [3.8, 4) is 10.4 Å². The van der Waals surface area contributed by atoms with Gasteiger partial charge in [0.1, 0.15) is 6.10 Å². The monoisotopic (exact) mass is 446 g/mol. The van der Waals surface area contributed by atoms with Gasteiger partial charge in [-0.05, 0) is 60.7 Å². The minimum Gasteiger partial charge on any atom is -0.383 e. The number of benzene rings is 1. The van der Waals surface area contributed by atoms with Crippen molar-refractivity contribution >= 4 is 34.2 Å². The average Bonchev–Trinajstić information content (AvgIpc) is 3.34. The van der Waals surface area contributed by atoms with Crippen molar-refractivity contribution in [3.05, 3.63) is 71.2 Å². The summed E-state index contributed by atoms with van der Waals surface area (Å²) < 4.78 is 0. The third kappa shape index (κ3) is 5.00. The van der Waals surface area contributed by atoms with Crippen molar-refractivity contribution in [2.75, 3.05) is 5.32 Å². The lowest BCUT2D eigenvalue weighted by Crippen LogP contribution is -2.28. The van der Waals surface area contributed by atoms with Crippen LogP contribution >= 0.6 is 11.3 Å². The lowest BCUT2D eigenvalue weighted by Gasteiger charge is -2.11. The molecule has 164 valence electrons. The molecule has 1 atom stereocenters. The van der Waals surface area contributed by atoms with Crippen LogP contribution in [0.4, 0.5) is 5.13 Å². The Kier molecular flexibility index (Phi) is 6.58. The van der Waals surface area contributed by atoms with Gasteiger partial charge in [0.15, 0.2) is 5.13 Å². The van der Waals surface area contributed by atoms with Gasteiger partial charge in [0.25, 0.3) is 5.91 Å². The van der Waals surface area contributed by atoms with Crippen LogP contribution in [-0.2, 0) is 11.3 Å². The zero-order chi connectivity index (χ0) is 22.7. The molecule has 1 unspecified atom stereocenters. The first kappa shape index (κ1) is 22.0. The summed E-state index contributed by atoms with van der Waals surface area (Å²) in [6.07, 6.45) is 5.14. The molecule has 0 saturated heterocycles. The van der Waals surface area contributed by atoms with Crippen LogP contribution < -0.4 is 5.32 Å². The summed E-state index contributed by atoms with van der Waals surface area (Å²) in [5.74, 6) is -0.174. The number of aromatic nitrogens is 2. The van der Waals surface area contributed by atoms with Crippen LogP contribution in [0.3, 0.4) is 0 Å². The van der Waals surface area contributed by atoms with E-state index in [1.54, 1.807) is 6.20 Å². The number of fused-ring (bicyclic) bond motifs is 1. The minimum absolute atomic E-state index is 0.238. The molecule has 3 aromatic rings. The molecule has 0 saturated carbocycles. The molecule has 0 bridgehead atoms. The molecule has 3 heterocycles. The van der Waals surface area contributed by atoms with Crippen LogP contribution in [0.5, 0.6) is 0 Å². The van der Waals surface area contributed by atoms with Crippen LogP contribution in [0.15, 0.2) is 53.7 Å². The van der Waals surface area contributed by atoms with Gasteiger partial charge in [-0.3, -0.25) is 20.1 Å². The fourth-order valence-corrected chi connectivity index (χ4v) is 4.58. The second kappa shape index (κ2) is 9.54. The largest absolute Gasteiger partial charge is 0.383 e. The van der Waals surface area contributed by atoms with Crippen molar-refractivity contribution in [1.82, 2.24) is 9.97 Å². The molecule has 0 radical (unpaired) electrons. The maximum atomic E-state index is 12.2. The number of hydrogen-bond acceptors (Lipinski definition) is 6. The lowest BCUT2D eigenvalue weighted by atomic mass is 10.0. The van der Waals surface area contributed by atoms with Crippen molar-refractivity contribution in [3.63, 3.8) is 0 Å². The number of nitrogens with one attached hydrogen (secondary N) is 1. The average molecular weight is 447 g/mol. The summed E-state index contributed by atoms with van der Waals surface area (Å²) in [6, 6.07) is 12.1. The molecule has 4 rings (SSSR count). The smallest absolute Gasteiger partial charge is 0.254 e. The molecule has 1 amide bonds. The van der Waals surface area contributed by atoms with E-state index in [9.17, 15) is 9.90 Å². The molecule has 1 aromatic carbocycles. The Balaban J connectivity index is 1.49. The van der Waals surface area contributed by atoms with Crippen LogP contribution in [-0.4, -0.2) is 32.8 Å². The molecule has 7 heteroatoms. The molecule has 1 aliphatic rings.